The Hall–Kier alpha value is -1.63. The highest BCUT2D eigenvalue weighted by atomic mass is 16.4. The smallest absolute Gasteiger partial charge is 0.323 e. The van der Waals surface area contributed by atoms with E-state index in [1.165, 1.54) is 0 Å². The number of hydrogen-bond donors (Lipinski definition) is 4. The van der Waals surface area contributed by atoms with Crippen molar-refractivity contribution in [2.45, 2.75) is 18.4 Å². The van der Waals surface area contributed by atoms with E-state index in [2.05, 4.69) is 0 Å². The molecule has 0 spiro atoms. The Morgan fingerprint density at radius 3 is 1.53 bits per heavy atom. The zero-order valence-corrected chi connectivity index (χ0v) is 7.71. The molecule has 0 aromatic rings. The number of rotatable bonds is 3. The second-order valence-corrected chi connectivity index (χ2v) is 3.76. The monoisotopic (exact) mass is 217 g/mol. The third kappa shape index (κ3) is 1.91. The Kier molecular flexibility index (Phi) is 2.67. The fourth-order valence-electron chi connectivity index (χ4n) is 1.85. The number of carboxylic acids is 3. The molecule has 0 amide bonds. The van der Waals surface area contributed by atoms with Crippen molar-refractivity contribution in [2.24, 2.45) is 17.6 Å². The molecule has 3 atom stereocenters. The summed E-state index contributed by atoms with van der Waals surface area (Å²) in [6.07, 6.45) is -0.705. The molecular formula is C8H11NO6. The summed E-state index contributed by atoms with van der Waals surface area (Å²) in [6.45, 7) is 0. The molecule has 0 saturated heterocycles. The average molecular weight is 217 g/mol. The van der Waals surface area contributed by atoms with Crippen LogP contribution in [0.25, 0.3) is 0 Å². The maximum absolute atomic E-state index is 10.7. The second kappa shape index (κ2) is 3.50. The molecule has 0 aliphatic heterocycles. The van der Waals surface area contributed by atoms with E-state index in [4.69, 9.17) is 21.1 Å². The molecule has 0 radical (unpaired) electrons. The third-order valence-electron chi connectivity index (χ3n) is 2.71. The van der Waals surface area contributed by atoms with Gasteiger partial charge in [-0.15, -0.1) is 0 Å². The van der Waals surface area contributed by atoms with Crippen LogP contribution in [0.5, 0.6) is 0 Å². The van der Waals surface area contributed by atoms with Crippen LogP contribution in [0.2, 0.25) is 0 Å². The average Bonchev–Trinajstić information content (AvgIpc) is 2.45. The molecule has 84 valence electrons. The van der Waals surface area contributed by atoms with Crippen LogP contribution in [-0.2, 0) is 14.4 Å². The summed E-state index contributed by atoms with van der Waals surface area (Å²) < 4.78 is 0. The van der Waals surface area contributed by atoms with Crippen LogP contribution in [-0.4, -0.2) is 38.8 Å². The predicted octanol–water partition coefficient (Wildman–Crippen LogP) is -1.04. The summed E-state index contributed by atoms with van der Waals surface area (Å²) in [5.74, 6) is -6.48. The molecule has 1 aliphatic carbocycles. The van der Waals surface area contributed by atoms with Crippen molar-refractivity contribution in [1.82, 2.24) is 0 Å². The fraction of sp³-hybridized carbons (Fsp3) is 0.625. The molecule has 1 rings (SSSR count). The number of carbonyl (C=O) groups is 3. The van der Waals surface area contributed by atoms with Crippen molar-refractivity contribution in [1.29, 1.82) is 0 Å². The molecule has 1 unspecified atom stereocenters. The van der Waals surface area contributed by atoms with Crippen LogP contribution in [0, 0.1) is 11.8 Å². The van der Waals surface area contributed by atoms with Gasteiger partial charge in [0, 0.05) is 0 Å². The SMILES string of the molecule is N[C@]1(C(=O)O)CC(C(=O)O)[C@@H](C(=O)O)C1. The normalized spacial score (nSPS) is 35.0. The van der Waals surface area contributed by atoms with Gasteiger partial charge in [-0.2, -0.15) is 0 Å². The minimum absolute atomic E-state index is 0.353. The molecule has 15 heavy (non-hydrogen) atoms. The zero-order valence-electron chi connectivity index (χ0n) is 7.71. The second-order valence-electron chi connectivity index (χ2n) is 3.76. The first-order valence-corrected chi connectivity index (χ1v) is 4.26. The van der Waals surface area contributed by atoms with Gasteiger partial charge in [-0.05, 0) is 12.8 Å². The molecule has 1 aliphatic rings. The van der Waals surface area contributed by atoms with Gasteiger partial charge in [0.2, 0.25) is 0 Å². The minimum atomic E-state index is -1.74. The van der Waals surface area contributed by atoms with Gasteiger partial charge in [-0.3, -0.25) is 14.4 Å². The first-order valence-electron chi connectivity index (χ1n) is 4.26. The van der Waals surface area contributed by atoms with Crippen molar-refractivity contribution in [3.8, 4) is 0 Å². The lowest BCUT2D eigenvalue weighted by Crippen LogP contribution is -2.46. The Morgan fingerprint density at radius 2 is 1.33 bits per heavy atom. The van der Waals surface area contributed by atoms with Gasteiger partial charge in [0.25, 0.3) is 0 Å². The fourth-order valence-corrected chi connectivity index (χ4v) is 1.85. The number of nitrogens with two attached hydrogens (primary N) is 1. The van der Waals surface area contributed by atoms with Gasteiger partial charge in [-0.1, -0.05) is 0 Å². The number of hydrogen-bond acceptors (Lipinski definition) is 4. The summed E-state index contributed by atoms with van der Waals surface area (Å²) >= 11 is 0. The highest BCUT2D eigenvalue weighted by molar-refractivity contribution is 5.86. The molecule has 0 bridgehead atoms. The van der Waals surface area contributed by atoms with Crippen molar-refractivity contribution >= 4 is 17.9 Å². The first kappa shape index (κ1) is 11.4. The van der Waals surface area contributed by atoms with E-state index in [-0.39, 0.29) is 12.8 Å². The van der Waals surface area contributed by atoms with E-state index in [9.17, 15) is 14.4 Å². The third-order valence-corrected chi connectivity index (χ3v) is 2.71. The van der Waals surface area contributed by atoms with E-state index in [1.807, 2.05) is 0 Å². The Labute approximate surface area is 84.5 Å². The lowest BCUT2D eigenvalue weighted by Gasteiger charge is -2.16. The van der Waals surface area contributed by atoms with Gasteiger partial charge >= 0.3 is 17.9 Å². The van der Waals surface area contributed by atoms with Crippen molar-refractivity contribution in [2.75, 3.05) is 0 Å². The molecule has 0 heterocycles. The Bertz CT molecular complexity index is 303. The summed E-state index contributed by atoms with van der Waals surface area (Å²) in [6, 6.07) is 0. The highest BCUT2D eigenvalue weighted by Gasteiger charge is 2.53. The van der Waals surface area contributed by atoms with Crippen LogP contribution >= 0.6 is 0 Å². The van der Waals surface area contributed by atoms with Crippen LogP contribution in [0.1, 0.15) is 12.8 Å². The standard InChI is InChI=1S/C8H11NO6/c9-8(7(14)15)1-3(5(10)11)4(2-8)6(12)13/h3-4H,1-2,9H2,(H,10,11)(H,12,13)(H,14,15)/t3-,4?,8-/m0/s1. The molecule has 7 heteroatoms. The summed E-state index contributed by atoms with van der Waals surface area (Å²) in [5.41, 5.74) is 3.69. The lowest BCUT2D eigenvalue weighted by molar-refractivity contribution is -0.152. The molecule has 5 N–H and O–H groups in total. The minimum Gasteiger partial charge on any atom is -0.481 e. The van der Waals surface area contributed by atoms with Crippen LogP contribution in [0.3, 0.4) is 0 Å². The molecule has 7 nitrogen and oxygen atoms in total. The summed E-state index contributed by atoms with van der Waals surface area (Å²) in [5, 5.41) is 26.2. The van der Waals surface area contributed by atoms with Crippen LogP contribution in [0.15, 0.2) is 0 Å². The van der Waals surface area contributed by atoms with E-state index < -0.39 is 35.3 Å². The number of aliphatic carboxylic acids is 3. The van der Waals surface area contributed by atoms with Crippen LogP contribution in [0.4, 0.5) is 0 Å². The van der Waals surface area contributed by atoms with E-state index in [0.717, 1.165) is 0 Å². The predicted molar refractivity (Wildman–Crippen MR) is 46.0 cm³/mol. The molecular weight excluding hydrogens is 206 g/mol. The topological polar surface area (TPSA) is 138 Å². The van der Waals surface area contributed by atoms with Crippen molar-refractivity contribution < 1.29 is 29.7 Å². The summed E-state index contributed by atoms with van der Waals surface area (Å²) in [4.78, 5) is 32.2. The largest absolute Gasteiger partial charge is 0.481 e. The molecule has 0 aromatic carbocycles. The van der Waals surface area contributed by atoms with Crippen molar-refractivity contribution in [3.63, 3.8) is 0 Å². The molecule has 1 saturated carbocycles. The summed E-state index contributed by atoms with van der Waals surface area (Å²) in [7, 11) is 0. The maximum atomic E-state index is 10.7. The Balaban J connectivity index is 2.97. The van der Waals surface area contributed by atoms with Crippen molar-refractivity contribution in [3.05, 3.63) is 0 Å². The van der Waals surface area contributed by atoms with Gasteiger partial charge in [0.05, 0.1) is 11.8 Å². The van der Waals surface area contributed by atoms with Crippen LogP contribution < -0.4 is 5.73 Å². The number of carboxylic acid groups (broad SMARTS) is 3. The molecule has 1 fully saturated rings. The molecule has 0 aromatic heterocycles. The van der Waals surface area contributed by atoms with Gasteiger partial charge in [0.1, 0.15) is 5.54 Å². The van der Waals surface area contributed by atoms with Gasteiger partial charge < -0.3 is 21.1 Å². The first-order chi connectivity index (χ1) is 6.78. The maximum Gasteiger partial charge on any atom is 0.323 e. The van der Waals surface area contributed by atoms with E-state index in [1.54, 1.807) is 0 Å². The van der Waals surface area contributed by atoms with Gasteiger partial charge in [-0.25, -0.2) is 0 Å². The lowest BCUT2D eigenvalue weighted by atomic mass is 9.97. The van der Waals surface area contributed by atoms with Gasteiger partial charge in [0.15, 0.2) is 0 Å². The van der Waals surface area contributed by atoms with E-state index in [0.29, 0.717) is 0 Å². The Morgan fingerprint density at radius 1 is 1.00 bits per heavy atom. The highest BCUT2D eigenvalue weighted by Crippen LogP contribution is 2.38. The zero-order chi connectivity index (χ0) is 11.8. The van der Waals surface area contributed by atoms with E-state index >= 15 is 0 Å². The quantitative estimate of drug-likeness (QED) is 0.473.